The van der Waals surface area contributed by atoms with E-state index in [-0.39, 0.29) is 0 Å². The quantitative estimate of drug-likeness (QED) is 0.829. The molecule has 2 aromatic rings. The van der Waals surface area contributed by atoms with Crippen LogP contribution in [-0.4, -0.2) is 6.54 Å². The highest BCUT2D eigenvalue weighted by Crippen LogP contribution is 2.36. The van der Waals surface area contributed by atoms with Crippen LogP contribution in [-0.2, 0) is 6.42 Å². The van der Waals surface area contributed by atoms with Crippen molar-refractivity contribution < 1.29 is 0 Å². The van der Waals surface area contributed by atoms with Gasteiger partial charge in [-0.2, -0.15) is 0 Å². The smallest absolute Gasteiger partial charge is 0.00489 e. The van der Waals surface area contributed by atoms with Crippen molar-refractivity contribution >= 4 is 0 Å². The summed E-state index contributed by atoms with van der Waals surface area (Å²) in [6.45, 7) is 3.06. The summed E-state index contributed by atoms with van der Waals surface area (Å²) in [5.74, 6) is 1.49. The van der Waals surface area contributed by atoms with E-state index in [2.05, 4.69) is 55.5 Å². The first-order valence-electron chi connectivity index (χ1n) is 8.69. The molecular formula is C21H27N. The highest BCUT2D eigenvalue weighted by atomic mass is 14.5. The zero-order valence-electron chi connectivity index (χ0n) is 13.6. The molecule has 116 valence electrons. The fourth-order valence-electron chi connectivity index (χ4n) is 3.61. The summed E-state index contributed by atoms with van der Waals surface area (Å²) in [6, 6.07) is 18.2. The van der Waals surface area contributed by atoms with Gasteiger partial charge in [0.2, 0.25) is 0 Å². The molecule has 1 aliphatic rings. The van der Waals surface area contributed by atoms with Crippen LogP contribution in [0.25, 0.3) is 11.1 Å². The Hall–Kier alpha value is -1.60. The van der Waals surface area contributed by atoms with Gasteiger partial charge in [0, 0.05) is 0 Å². The average molecular weight is 293 g/mol. The van der Waals surface area contributed by atoms with E-state index in [0.717, 1.165) is 24.8 Å². The third kappa shape index (κ3) is 3.41. The fourth-order valence-corrected chi connectivity index (χ4v) is 3.61. The molecule has 0 aliphatic heterocycles. The molecule has 1 aliphatic carbocycles. The third-order valence-corrected chi connectivity index (χ3v) is 5.26. The maximum absolute atomic E-state index is 5.79. The van der Waals surface area contributed by atoms with Crippen LogP contribution in [0.4, 0.5) is 0 Å². The second-order valence-electron chi connectivity index (χ2n) is 6.63. The maximum Gasteiger partial charge on any atom is -0.00489 e. The number of rotatable bonds is 4. The SMILES string of the molecule is CCc1ccc(-c2ccc(C3CCC(CN)CC3)cc2)cc1. The predicted octanol–water partition coefficient (Wildman–Crippen LogP) is 5.15. The van der Waals surface area contributed by atoms with Crippen LogP contribution in [0.5, 0.6) is 0 Å². The lowest BCUT2D eigenvalue weighted by atomic mass is 9.78. The first kappa shape index (κ1) is 15.3. The molecule has 0 saturated heterocycles. The van der Waals surface area contributed by atoms with Gasteiger partial charge in [-0.25, -0.2) is 0 Å². The van der Waals surface area contributed by atoms with E-state index in [1.165, 1.54) is 47.9 Å². The molecule has 22 heavy (non-hydrogen) atoms. The van der Waals surface area contributed by atoms with Crippen molar-refractivity contribution in [3.8, 4) is 11.1 Å². The Balaban J connectivity index is 1.69. The van der Waals surface area contributed by atoms with Crippen molar-refractivity contribution in [2.45, 2.75) is 44.9 Å². The van der Waals surface area contributed by atoms with E-state index in [4.69, 9.17) is 5.73 Å². The highest BCUT2D eigenvalue weighted by molar-refractivity contribution is 5.64. The van der Waals surface area contributed by atoms with Crippen LogP contribution in [0, 0.1) is 5.92 Å². The van der Waals surface area contributed by atoms with Gasteiger partial charge in [-0.15, -0.1) is 0 Å². The second kappa shape index (κ2) is 7.11. The van der Waals surface area contributed by atoms with Gasteiger partial charge >= 0.3 is 0 Å². The van der Waals surface area contributed by atoms with Crippen molar-refractivity contribution in [3.63, 3.8) is 0 Å². The van der Waals surface area contributed by atoms with Crippen molar-refractivity contribution in [3.05, 3.63) is 59.7 Å². The molecule has 0 unspecified atom stereocenters. The minimum absolute atomic E-state index is 0.735. The number of aryl methyl sites for hydroxylation is 1. The zero-order valence-corrected chi connectivity index (χ0v) is 13.6. The van der Waals surface area contributed by atoms with Gasteiger partial charge in [0.05, 0.1) is 0 Å². The number of hydrogen-bond acceptors (Lipinski definition) is 1. The van der Waals surface area contributed by atoms with E-state index >= 15 is 0 Å². The average Bonchev–Trinajstić information content (AvgIpc) is 2.62. The Bertz CT molecular complexity index is 574. The first-order valence-corrected chi connectivity index (χ1v) is 8.69. The highest BCUT2D eigenvalue weighted by Gasteiger charge is 2.21. The predicted molar refractivity (Wildman–Crippen MR) is 95.0 cm³/mol. The van der Waals surface area contributed by atoms with E-state index < -0.39 is 0 Å². The topological polar surface area (TPSA) is 26.0 Å². The molecule has 0 heterocycles. The van der Waals surface area contributed by atoms with Gasteiger partial charge in [0.25, 0.3) is 0 Å². The molecule has 3 rings (SSSR count). The summed E-state index contributed by atoms with van der Waals surface area (Å²) in [6.07, 6.45) is 6.28. The molecule has 0 spiro atoms. The van der Waals surface area contributed by atoms with E-state index in [0.29, 0.717) is 0 Å². The van der Waals surface area contributed by atoms with E-state index in [9.17, 15) is 0 Å². The van der Waals surface area contributed by atoms with Crippen LogP contribution in [0.3, 0.4) is 0 Å². The molecule has 2 N–H and O–H groups in total. The zero-order chi connectivity index (χ0) is 15.4. The summed E-state index contributed by atoms with van der Waals surface area (Å²) < 4.78 is 0. The van der Waals surface area contributed by atoms with Gasteiger partial charge in [-0.1, -0.05) is 55.5 Å². The Morgan fingerprint density at radius 3 is 1.86 bits per heavy atom. The normalized spacial score (nSPS) is 21.7. The van der Waals surface area contributed by atoms with Gasteiger partial charge in [-0.3, -0.25) is 0 Å². The molecule has 0 aromatic heterocycles. The van der Waals surface area contributed by atoms with E-state index in [1.807, 2.05) is 0 Å². The second-order valence-corrected chi connectivity index (χ2v) is 6.63. The molecule has 1 nitrogen and oxygen atoms in total. The standard InChI is InChI=1S/C21H27N/c1-2-16-3-7-18(8-4-16)20-11-13-21(14-12-20)19-9-5-17(15-22)6-10-19/h3-4,7-8,11-14,17,19H,2,5-6,9-10,15,22H2,1H3. The molecule has 1 heteroatoms. The Labute approximate surface area is 134 Å². The Morgan fingerprint density at radius 1 is 0.818 bits per heavy atom. The fraction of sp³-hybridized carbons (Fsp3) is 0.429. The van der Waals surface area contributed by atoms with Crippen molar-refractivity contribution in [1.29, 1.82) is 0 Å². The minimum atomic E-state index is 0.735. The van der Waals surface area contributed by atoms with E-state index in [1.54, 1.807) is 0 Å². The first-order chi connectivity index (χ1) is 10.8. The molecule has 2 aromatic carbocycles. The lowest BCUT2D eigenvalue weighted by molar-refractivity contribution is 0.333. The van der Waals surface area contributed by atoms with Gasteiger partial charge in [0.15, 0.2) is 0 Å². The Kier molecular flexibility index (Phi) is 4.94. The largest absolute Gasteiger partial charge is 0.330 e. The summed E-state index contributed by atoms with van der Waals surface area (Å²) >= 11 is 0. The molecule has 1 saturated carbocycles. The van der Waals surface area contributed by atoms with Crippen LogP contribution in [0.2, 0.25) is 0 Å². The summed E-state index contributed by atoms with van der Waals surface area (Å²) in [5, 5.41) is 0. The lowest BCUT2D eigenvalue weighted by Crippen LogP contribution is -2.20. The van der Waals surface area contributed by atoms with Gasteiger partial charge in [-0.05, 0) is 72.7 Å². The maximum atomic E-state index is 5.79. The molecule has 1 fully saturated rings. The van der Waals surface area contributed by atoms with Crippen LogP contribution >= 0.6 is 0 Å². The molecule has 0 amide bonds. The summed E-state index contributed by atoms with van der Waals surface area (Å²) in [4.78, 5) is 0. The van der Waals surface area contributed by atoms with Crippen molar-refractivity contribution in [1.82, 2.24) is 0 Å². The lowest BCUT2D eigenvalue weighted by Gasteiger charge is -2.28. The molecule has 0 atom stereocenters. The summed E-state index contributed by atoms with van der Waals surface area (Å²) in [7, 11) is 0. The number of nitrogens with two attached hydrogens (primary N) is 1. The third-order valence-electron chi connectivity index (χ3n) is 5.26. The Morgan fingerprint density at radius 2 is 1.36 bits per heavy atom. The van der Waals surface area contributed by atoms with Crippen LogP contribution < -0.4 is 5.73 Å². The monoisotopic (exact) mass is 293 g/mol. The number of benzene rings is 2. The van der Waals surface area contributed by atoms with Crippen LogP contribution in [0.15, 0.2) is 48.5 Å². The summed E-state index contributed by atoms with van der Waals surface area (Å²) in [5.41, 5.74) is 11.3. The number of hydrogen-bond donors (Lipinski definition) is 1. The van der Waals surface area contributed by atoms with Crippen LogP contribution in [0.1, 0.15) is 49.7 Å². The molecular weight excluding hydrogens is 266 g/mol. The van der Waals surface area contributed by atoms with Gasteiger partial charge < -0.3 is 5.73 Å². The molecule has 0 bridgehead atoms. The van der Waals surface area contributed by atoms with Gasteiger partial charge in [0.1, 0.15) is 0 Å². The van der Waals surface area contributed by atoms with Crippen molar-refractivity contribution in [2.24, 2.45) is 11.7 Å². The minimum Gasteiger partial charge on any atom is -0.330 e. The molecule has 0 radical (unpaired) electrons. The van der Waals surface area contributed by atoms with Crippen molar-refractivity contribution in [2.75, 3.05) is 6.54 Å².